The maximum absolute atomic E-state index is 12.2. The molecule has 134 valence electrons. The van der Waals surface area contributed by atoms with E-state index in [1.165, 1.54) is 6.20 Å². The van der Waals surface area contributed by atoms with E-state index in [1.807, 2.05) is 11.4 Å². The summed E-state index contributed by atoms with van der Waals surface area (Å²) in [5.41, 5.74) is 0.984. The van der Waals surface area contributed by atoms with Crippen LogP contribution in [0.25, 0.3) is 10.2 Å². The molecule has 1 amide bonds. The minimum Gasteiger partial charge on any atom is -0.353 e. The van der Waals surface area contributed by atoms with Gasteiger partial charge < -0.3 is 10.2 Å². The lowest BCUT2D eigenvalue weighted by Gasteiger charge is -2.35. The Balaban J connectivity index is 1.33. The van der Waals surface area contributed by atoms with Gasteiger partial charge in [0.2, 0.25) is 5.91 Å². The third-order valence-electron chi connectivity index (χ3n) is 4.26. The minimum absolute atomic E-state index is 0.0732. The summed E-state index contributed by atoms with van der Waals surface area (Å²) in [6, 6.07) is 5.41. The second-order valence-electron chi connectivity index (χ2n) is 6.01. The number of aromatic nitrogens is 3. The topological polar surface area (TPSA) is 74.2 Å². The predicted molar refractivity (Wildman–Crippen MR) is 104 cm³/mol. The van der Waals surface area contributed by atoms with Crippen LogP contribution in [0.2, 0.25) is 5.02 Å². The minimum atomic E-state index is -0.0732. The molecule has 3 aromatic rings. The van der Waals surface area contributed by atoms with Crippen molar-refractivity contribution < 1.29 is 4.79 Å². The van der Waals surface area contributed by atoms with E-state index in [9.17, 15) is 4.79 Å². The van der Waals surface area contributed by atoms with Gasteiger partial charge in [0.05, 0.1) is 21.8 Å². The first kappa shape index (κ1) is 17.1. The number of piperazine rings is 1. The van der Waals surface area contributed by atoms with E-state index < -0.39 is 0 Å². The average molecular weight is 389 g/mol. The quantitative estimate of drug-likeness (QED) is 0.740. The van der Waals surface area contributed by atoms with Crippen LogP contribution in [-0.2, 0) is 4.79 Å². The molecule has 0 spiro atoms. The van der Waals surface area contributed by atoms with Crippen LogP contribution in [0, 0.1) is 0 Å². The maximum Gasteiger partial charge on any atom is 0.239 e. The lowest BCUT2D eigenvalue weighted by Crippen LogP contribution is -2.49. The molecule has 0 atom stereocenters. The van der Waals surface area contributed by atoms with Crippen molar-refractivity contribution in [3.8, 4) is 0 Å². The number of carbonyl (C=O) groups excluding carboxylic acids is 1. The molecule has 0 unspecified atom stereocenters. The zero-order chi connectivity index (χ0) is 17.9. The molecule has 0 aromatic carbocycles. The highest BCUT2D eigenvalue weighted by Gasteiger charge is 2.21. The highest BCUT2D eigenvalue weighted by Crippen LogP contribution is 2.28. The zero-order valence-electron chi connectivity index (χ0n) is 13.9. The fourth-order valence-electron chi connectivity index (χ4n) is 2.95. The Hall–Kier alpha value is -2.29. The van der Waals surface area contributed by atoms with Crippen molar-refractivity contribution in [2.75, 3.05) is 42.9 Å². The Morgan fingerprint density at radius 3 is 2.77 bits per heavy atom. The largest absolute Gasteiger partial charge is 0.353 e. The molecule has 1 aliphatic rings. The van der Waals surface area contributed by atoms with E-state index in [2.05, 4.69) is 30.1 Å². The highest BCUT2D eigenvalue weighted by atomic mass is 35.5. The smallest absolute Gasteiger partial charge is 0.239 e. The van der Waals surface area contributed by atoms with Gasteiger partial charge in [0, 0.05) is 32.4 Å². The second-order valence-corrected chi connectivity index (χ2v) is 7.36. The Bertz CT molecular complexity index is 907. The van der Waals surface area contributed by atoms with Crippen molar-refractivity contribution >= 4 is 50.7 Å². The standard InChI is InChI=1S/C17H17ClN6OS/c18-12-1-2-14(19-9-12)22-15(25)10-23-4-6-24(7-5-23)17-16-13(3-8-26-16)20-11-21-17/h1-3,8-9,11H,4-7,10H2,(H,19,22,25). The Kier molecular flexibility index (Phi) is 4.96. The molecule has 3 aromatic heterocycles. The summed E-state index contributed by atoms with van der Waals surface area (Å²) in [5, 5.41) is 5.38. The van der Waals surface area contributed by atoms with Crippen LogP contribution in [0.3, 0.4) is 0 Å². The summed E-state index contributed by atoms with van der Waals surface area (Å²) in [4.78, 5) is 29.4. The zero-order valence-corrected chi connectivity index (χ0v) is 15.5. The first-order valence-corrected chi connectivity index (χ1v) is 9.52. The second kappa shape index (κ2) is 7.53. The number of hydrogen-bond donors (Lipinski definition) is 1. The van der Waals surface area contributed by atoms with Crippen molar-refractivity contribution in [1.82, 2.24) is 19.9 Å². The molecule has 1 saturated heterocycles. The molecular formula is C17H17ClN6OS. The van der Waals surface area contributed by atoms with E-state index in [4.69, 9.17) is 11.6 Å². The molecule has 0 aliphatic carbocycles. The number of nitrogens with zero attached hydrogens (tertiary/aromatic N) is 5. The molecule has 0 radical (unpaired) electrons. The van der Waals surface area contributed by atoms with Gasteiger partial charge in [-0.3, -0.25) is 9.69 Å². The SMILES string of the molecule is O=C(CN1CCN(c2ncnc3ccsc23)CC1)Nc1ccc(Cl)cn1. The molecule has 26 heavy (non-hydrogen) atoms. The Morgan fingerprint density at radius 2 is 2.00 bits per heavy atom. The molecule has 0 bridgehead atoms. The number of fused-ring (bicyclic) bond motifs is 1. The number of halogens is 1. The van der Waals surface area contributed by atoms with Crippen molar-refractivity contribution in [1.29, 1.82) is 0 Å². The van der Waals surface area contributed by atoms with Gasteiger partial charge in [-0.25, -0.2) is 15.0 Å². The number of carbonyl (C=O) groups is 1. The van der Waals surface area contributed by atoms with Crippen LogP contribution in [-0.4, -0.2) is 58.5 Å². The van der Waals surface area contributed by atoms with Crippen molar-refractivity contribution in [3.63, 3.8) is 0 Å². The van der Waals surface area contributed by atoms with Crippen LogP contribution >= 0.6 is 22.9 Å². The van der Waals surface area contributed by atoms with E-state index >= 15 is 0 Å². The number of pyridine rings is 1. The molecule has 7 nitrogen and oxygen atoms in total. The van der Waals surface area contributed by atoms with Gasteiger partial charge in [0.25, 0.3) is 0 Å². The van der Waals surface area contributed by atoms with Gasteiger partial charge in [-0.15, -0.1) is 11.3 Å². The molecule has 0 saturated carbocycles. The third kappa shape index (κ3) is 3.77. The monoisotopic (exact) mass is 388 g/mol. The third-order valence-corrected chi connectivity index (χ3v) is 5.38. The van der Waals surface area contributed by atoms with E-state index in [0.717, 1.165) is 42.2 Å². The average Bonchev–Trinajstić information content (AvgIpc) is 3.13. The molecule has 9 heteroatoms. The van der Waals surface area contributed by atoms with Gasteiger partial charge >= 0.3 is 0 Å². The van der Waals surface area contributed by atoms with Crippen LogP contribution in [0.5, 0.6) is 0 Å². The lowest BCUT2D eigenvalue weighted by atomic mass is 10.3. The molecule has 1 N–H and O–H groups in total. The van der Waals surface area contributed by atoms with Gasteiger partial charge in [-0.2, -0.15) is 0 Å². The number of hydrogen-bond acceptors (Lipinski definition) is 7. The predicted octanol–water partition coefficient (Wildman–Crippen LogP) is 2.50. The number of amides is 1. The first-order valence-electron chi connectivity index (χ1n) is 8.26. The highest BCUT2D eigenvalue weighted by molar-refractivity contribution is 7.17. The van der Waals surface area contributed by atoms with Gasteiger partial charge in [-0.1, -0.05) is 11.6 Å². The van der Waals surface area contributed by atoms with Crippen LogP contribution in [0.15, 0.2) is 36.1 Å². The summed E-state index contributed by atoms with van der Waals surface area (Å²) in [6.45, 7) is 3.61. The molecule has 4 rings (SSSR count). The molecule has 4 heterocycles. The van der Waals surface area contributed by atoms with E-state index in [0.29, 0.717) is 17.4 Å². The number of anilines is 2. The van der Waals surface area contributed by atoms with Crippen molar-refractivity contribution in [2.45, 2.75) is 0 Å². The number of rotatable bonds is 4. The van der Waals surface area contributed by atoms with Gasteiger partial charge in [0.1, 0.15) is 18.0 Å². The van der Waals surface area contributed by atoms with E-state index in [1.54, 1.807) is 29.8 Å². The summed E-state index contributed by atoms with van der Waals surface area (Å²) in [6.07, 6.45) is 3.13. The first-order chi connectivity index (χ1) is 12.7. The van der Waals surface area contributed by atoms with Crippen LogP contribution < -0.4 is 10.2 Å². The number of nitrogens with one attached hydrogen (secondary N) is 1. The fourth-order valence-corrected chi connectivity index (χ4v) is 3.93. The molecule has 1 fully saturated rings. The normalized spacial score (nSPS) is 15.3. The maximum atomic E-state index is 12.2. The van der Waals surface area contributed by atoms with Crippen LogP contribution in [0.4, 0.5) is 11.6 Å². The molecule has 1 aliphatic heterocycles. The summed E-state index contributed by atoms with van der Waals surface area (Å²) >= 11 is 7.46. The van der Waals surface area contributed by atoms with Crippen molar-refractivity contribution in [2.24, 2.45) is 0 Å². The number of thiophene rings is 1. The van der Waals surface area contributed by atoms with Crippen LogP contribution in [0.1, 0.15) is 0 Å². The van der Waals surface area contributed by atoms with E-state index in [-0.39, 0.29) is 5.91 Å². The van der Waals surface area contributed by atoms with Gasteiger partial charge in [0.15, 0.2) is 0 Å². The summed E-state index contributed by atoms with van der Waals surface area (Å²) < 4.78 is 1.12. The lowest BCUT2D eigenvalue weighted by molar-refractivity contribution is -0.117. The molecular weight excluding hydrogens is 372 g/mol. The summed E-state index contributed by atoms with van der Waals surface area (Å²) in [7, 11) is 0. The Labute approximate surface area is 159 Å². The summed E-state index contributed by atoms with van der Waals surface area (Å²) in [5.74, 6) is 1.43. The Morgan fingerprint density at radius 1 is 1.15 bits per heavy atom. The van der Waals surface area contributed by atoms with Gasteiger partial charge in [-0.05, 0) is 23.6 Å². The van der Waals surface area contributed by atoms with Crippen molar-refractivity contribution in [3.05, 3.63) is 41.1 Å². The fraction of sp³-hybridized carbons (Fsp3) is 0.294.